The van der Waals surface area contributed by atoms with E-state index in [4.69, 9.17) is 5.73 Å². The summed E-state index contributed by atoms with van der Waals surface area (Å²) in [6.45, 7) is 3.64. The molecule has 5 nitrogen and oxygen atoms in total. The molecule has 1 aromatic carbocycles. The molecular formula is C14H18FN5. The first-order chi connectivity index (χ1) is 9.72. The quantitative estimate of drug-likeness (QED) is 0.914. The number of aromatic nitrogens is 3. The van der Waals surface area contributed by atoms with Crippen LogP contribution >= 0.6 is 0 Å². The van der Waals surface area contributed by atoms with Gasteiger partial charge in [-0.2, -0.15) is 0 Å². The molecule has 1 aliphatic heterocycles. The van der Waals surface area contributed by atoms with Gasteiger partial charge in [-0.05, 0) is 24.1 Å². The van der Waals surface area contributed by atoms with Crippen molar-refractivity contribution in [2.45, 2.75) is 25.6 Å². The van der Waals surface area contributed by atoms with Gasteiger partial charge in [0, 0.05) is 25.7 Å². The Morgan fingerprint density at radius 1 is 1.25 bits per heavy atom. The molecule has 2 heterocycles. The Hall–Kier alpha value is -1.79. The van der Waals surface area contributed by atoms with Gasteiger partial charge in [0.1, 0.15) is 18.0 Å². The maximum Gasteiger partial charge on any atom is 0.147 e. The van der Waals surface area contributed by atoms with Crippen molar-refractivity contribution in [3.8, 4) is 0 Å². The lowest BCUT2D eigenvalue weighted by atomic mass is 10.0. The van der Waals surface area contributed by atoms with E-state index in [1.807, 2.05) is 0 Å². The molecule has 20 heavy (non-hydrogen) atoms. The van der Waals surface area contributed by atoms with Crippen LogP contribution < -0.4 is 5.73 Å². The number of nitrogens with two attached hydrogens (primary N) is 1. The van der Waals surface area contributed by atoms with E-state index >= 15 is 0 Å². The first-order valence-electron chi connectivity index (χ1n) is 6.82. The van der Waals surface area contributed by atoms with E-state index < -0.39 is 0 Å². The van der Waals surface area contributed by atoms with Crippen molar-refractivity contribution in [1.29, 1.82) is 0 Å². The van der Waals surface area contributed by atoms with Crippen LogP contribution in [-0.4, -0.2) is 32.8 Å². The second-order valence-electron chi connectivity index (χ2n) is 5.16. The van der Waals surface area contributed by atoms with Crippen molar-refractivity contribution in [3.05, 3.63) is 47.8 Å². The highest BCUT2D eigenvalue weighted by atomic mass is 19.1. The maximum atomic E-state index is 12.9. The summed E-state index contributed by atoms with van der Waals surface area (Å²) in [6, 6.07) is 6.37. The number of halogens is 1. The van der Waals surface area contributed by atoms with Gasteiger partial charge in [-0.1, -0.05) is 12.1 Å². The summed E-state index contributed by atoms with van der Waals surface area (Å²) in [5.41, 5.74) is 7.13. The first-order valence-corrected chi connectivity index (χ1v) is 6.82. The summed E-state index contributed by atoms with van der Waals surface area (Å²) in [5.74, 6) is 0.780. The van der Waals surface area contributed by atoms with Crippen molar-refractivity contribution in [3.63, 3.8) is 0 Å². The number of hydrogen-bond donors (Lipinski definition) is 1. The Morgan fingerprint density at radius 2 is 2.05 bits per heavy atom. The topological polar surface area (TPSA) is 60.0 Å². The molecule has 1 atom stereocenters. The lowest BCUT2D eigenvalue weighted by molar-refractivity contribution is 0.210. The van der Waals surface area contributed by atoms with Crippen LogP contribution in [0.3, 0.4) is 0 Å². The van der Waals surface area contributed by atoms with Crippen LogP contribution in [0.4, 0.5) is 4.39 Å². The average molecular weight is 275 g/mol. The number of rotatable bonds is 4. The fourth-order valence-electron chi connectivity index (χ4n) is 2.51. The summed E-state index contributed by atoms with van der Waals surface area (Å²) in [5, 5.41) is 8.02. The minimum atomic E-state index is -0.226. The smallest absolute Gasteiger partial charge is 0.147 e. The standard InChI is InChI=1S/C14H18FN5/c15-12-3-1-11(2-4-12)13(16)5-6-19-7-8-20-10-17-18-14(20)9-19/h1-4,10,13H,5-9,16H2. The molecule has 1 aromatic heterocycles. The molecule has 1 aliphatic rings. The third-order valence-corrected chi connectivity index (χ3v) is 3.77. The normalized spacial score (nSPS) is 16.9. The predicted molar refractivity (Wildman–Crippen MR) is 73.2 cm³/mol. The van der Waals surface area contributed by atoms with E-state index in [2.05, 4.69) is 19.7 Å². The molecule has 0 fully saturated rings. The summed E-state index contributed by atoms with van der Waals surface area (Å²) in [4.78, 5) is 2.33. The molecule has 0 aliphatic carbocycles. The molecule has 106 valence electrons. The number of fused-ring (bicyclic) bond motifs is 1. The van der Waals surface area contributed by atoms with Gasteiger partial charge < -0.3 is 10.3 Å². The van der Waals surface area contributed by atoms with Crippen LogP contribution in [0.1, 0.15) is 23.9 Å². The Morgan fingerprint density at radius 3 is 2.85 bits per heavy atom. The third-order valence-electron chi connectivity index (χ3n) is 3.77. The molecule has 0 radical (unpaired) electrons. The molecule has 0 spiro atoms. The highest BCUT2D eigenvalue weighted by Gasteiger charge is 2.18. The Balaban J connectivity index is 1.54. The zero-order chi connectivity index (χ0) is 13.9. The highest BCUT2D eigenvalue weighted by molar-refractivity contribution is 5.19. The number of benzene rings is 1. The molecule has 0 saturated heterocycles. The second kappa shape index (κ2) is 5.68. The Labute approximate surface area is 117 Å². The van der Waals surface area contributed by atoms with Gasteiger partial charge in [0.05, 0.1) is 6.54 Å². The molecule has 2 N–H and O–H groups in total. The largest absolute Gasteiger partial charge is 0.324 e. The molecule has 1 unspecified atom stereocenters. The molecule has 2 aromatic rings. The lowest BCUT2D eigenvalue weighted by Crippen LogP contribution is -2.35. The van der Waals surface area contributed by atoms with Crippen LogP contribution in [0.25, 0.3) is 0 Å². The zero-order valence-electron chi connectivity index (χ0n) is 11.2. The van der Waals surface area contributed by atoms with Crippen LogP contribution in [0, 0.1) is 5.82 Å². The number of hydrogen-bond acceptors (Lipinski definition) is 4. The molecular weight excluding hydrogens is 257 g/mol. The van der Waals surface area contributed by atoms with Gasteiger partial charge in [0.25, 0.3) is 0 Å². The zero-order valence-corrected chi connectivity index (χ0v) is 11.2. The number of nitrogens with zero attached hydrogens (tertiary/aromatic N) is 4. The van der Waals surface area contributed by atoms with E-state index in [-0.39, 0.29) is 11.9 Å². The van der Waals surface area contributed by atoms with Gasteiger partial charge in [-0.25, -0.2) is 4.39 Å². The van der Waals surface area contributed by atoms with Crippen molar-refractivity contribution in [2.75, 3.05) is 13.1 Å². The molecule has 0 amide bonds. The van der Waals surface area contributed by atoms with Crippen molar-refractivity contribution in [2.24, 2.45) is 5.73 Å². The van der Waals surface area contributed by atoms with E-state index in [1.54, 1.807) is 18.5 Å². The van der Waals surface area contributed by atoms with Gasteiger partial charge in [0.2, 0.25) is 0 Å². The average Bonchev–Trinajstić information content (AvgIpc) is 2.93. The molecule has 6 heteroatoms. The monoisotopic (exact) mass is 275 g/mol. The van der Waals surface area contributed by atoms with Crippen molar-refractivity contribution in [1.82, 2.24) is 19.7 Å². The van der Waals surface area contributed by atoms with Crippen LogP contribution in [0.2, 0.25) is 0 Å². The maximum absolute atomic E-state index is 12.9. The summed E-state index contributed by atoms with van der Waals surface area (Å²) in [7, 11) is 0. The van der Waals surface area contributed by atoms with Crippen molar-refractivity contribution >= 4 is 0 Å². The molecule has 3 rings (SSSR count). The van der Waals surface area contributed by atoms with Gasteiger partial charge >= 0.3 is 0 Å². The summed E-state index contributed by atoms with van der Waals surface area (Å²) in [6.07, 6.45) is 2.62. The van der Waals surface area contributed by atoms with E-state index in [9.17, 15) is 4.39 Å². The Bertz CT molecular complexity index is 565. The summed E-state index contributed by atoms with van der Waals surface area (Å²) >= 11 is 0. The minimum absolute atomic E-state index is 0.0598. The minimum Gasteiger partial charge on any atom is -0.324 e. The predicted octanol–water partition coefficient (Wildman–Crippen LogP) is 1.32. The fourth-order valence-corrected chi connectivity index (χ4v) is 2.51. The second-order valence-corrected chi connectivity index (χ2v) is 5.16. The lowest BCUT2D eigenvalue weighted by Gasteiger charge is -2.27. The van der Waals surface area contributed by atoms with Crippen LogP contribution in [-0.2, 0) is 13.1 Å². The van der Waals surface area contributed by atoms with Gasteiger partial charge in [-0.15, -0.1) is 10.2 Å². The van der Waals surface area contributed by atoms with Crippen molar-refractivity contribution < 1.29 is 4.39 Å². The van der Waals surface area contributed by atoms with E-state index in [0.29, 0.717) is 0 Å². The fraction of sp³-hybridized carbons (Fsp3) is 0.429. The van der Waals surface area contributed by atoms with E-state index in [1.165, 1.54) is 12.1 Å². The van der Waals surface area contributed by atoms with Gasteiger partial charge in [-0.3, -0.25) is 4.90 Å². The van der Waals surface area contributed by atoms with Gasteiger partial charge in [0.15, 0.2) is 0 Å². The third kappa shape index (κ3) is 2.86. The van der Waals surface area contributed by atoms with Crippen LogP contribution in [0.15, 0.2) is 30.6 Å². The van der Waals surface area contributed by atoms with E-state index in [0.717, 1.165) is 44.0 Å². The highest BCUT2D eigenvalue weighted by Crippen LogP contribution is 2.17. The Kier molecular flexibility index (Phi) is 3.75. The molecule has 0 bridgehead atoms. The SMILES string of the molecule is NC(CCN1CCn2cnnc2C1)c1ccc(F)cc1. The molecule has 0 saturated carbocycles. The first kappa shape index (κ1) is 13.2. The van der Waals surface area contributed by atoms with Crippen LogP contribution in [0.5, 0.6) is 0 Å². The summed E-state index contributed by atoms with van der Waals surface area (Å²) < 4.78 is 15.0.